The van der Waals surface area contributed by atoms with Gasteiger partial charge < -0.3 is 30.5 Å². The first-order chi connectivity index (χ1) is 20.2. The molecule has 0 saturated carbocycles. The number of aliphatic carboxylic acids is 1. The number of hydrogen-bond donors (Lipinski definition) is 4. The van der Waals surface area contributed by atoms with Crippen molar-refractivity contribution in [3.05, 3.63) is 64.5 Å². The molecule has 1 fully saturated rings. The molecule has 4 amide bonds. The summed E-state index contributed by atoms with van der Waals surface area (Å²) >= 11 is 7.35. The van der Waals surface area contributed by atoms with Gasteiger partial charge in [-0.2, -0.15) is 0 Å². The molecule has 4 rings (SSSR count). The summed E-state index contributed by atoms with van der Waals surface area (Å²) in [6.07, 6.45) is 1.42. The third kappa shape index (κ3) is 7.51. The standard InChI is InChI=1S/C29H31ClN4O7S/c1-2-31-28(39)34(16-18-11-13-33(14-12-18)29(40)32-20-8-4-3-5-9-20)21-10-6-7-19(15-21)25-23(30)24(41-17-22(35)36)26(42-25)27(37)38/h3-10,15,18H,2,11-14,16-17H2,1H3,(H,31,39)(H,32,40)(H,35,36)(H,37,38). The summed E-state index contributed by atoms with van der Waals surface area (Å²) in [5.41, 5.74) is 1.86. The number of halogens is 1. The number of hydrogen-bond acceptors (Lipinski definition) is 6. The SMILES string of the molecule is CCNC(=O)N(CC1CCN(C(=O)Nc2ccccc2)CC1)c1cccc(-c2sc(C(=O)O)c(OCC(=O)O)c2Cl)c1. The van der Waals surface area contributed by atoms with Crippen LogP contribution in [-0.2, 0) is 4.79 Å². The highest BCUT2D eigenvalue weighted by Gasteiger charge is 2.28. The number of ether oxygens (including phenoxy) is 1. The Morgan fingerprint density at radius 1 is 1.07 bits per heavy atom. The number of urea groups is 2. The molecule has 1 saturated heterocycles. The van der Waals surface area contributed by atoms with Crippen molar-refractivity contribution in [2.24, 2.45) is 5.92 Å². The molecule has 1 aromatic heterocycles. The number of carboxylic acid groups (broad SMARTS) is 2. The van der Waals surface area contributed by atoms with Crippen LogP contribution in [0.2, 0.25) is 5.02 Å². The maximum Gasteiger partial charge on any atom is 0.349 e. The molecule has 0 atom stereocenters. The van der Waals surface area contributed by atoms with E-state index in [1.165, 1.54) is 0 Å². The average molecular weight is 615 g/mol. The van der Waals surface area contributed by atoms with Crippen LogP contribution in [0.5, 0.6) is 5.75 Å². The number of carbonyl (C=O) groups excluding carboxylic acids is 2. The Hall–Kier alpha value is -4.29. The number of carboxylic acids is 2. The monoisotopic (exact) mass is 614 g/mol. The average Bonchev–Trinajstić information content (AvgIpc) is 3.32. The zero-order valence-electron chi connectivity index (χ0n) is 22.8. The molecule has 3 aromatic rings. The second kappa shape index (κ2) is 14.1. The van der Waals surface area contributed by atoms with Crippen molar-refractivity contribution < 1.29 is 34.1 Å². The molecule has 0 aliphatic carbocycles. The Bertz CT molecular complexity index is 1440. The molecule has 4 N–H and O–H groups in total. The lowest BCUT2D eigenvalue weighted by molar-refractivity contribution is -0.139. The van der Waals surface area contributed by atoms with Crippen molar-refractivity contribution in [1.29, 1.82) is 0 Å². The van der Waals surface area contributed by atoms with Crippen LogP contribution in [0.25, 0.3) is 10.4 Å². The molecule has 1 aliphatic rings. The van der Waals surface area contributed by atoms with Gasteiger partial charge in [-0.25, -0.2) is 19.2 Å². The highest BCUT2D eigenvalue weighted by atomic mass is 35.5. The molecule has 0 bridgehead atoms. The molecule has 0 radical (unpaired) electrons. The Labute approximate surface area is 251 Å². The largest absolute Gasteiger partial charge is 0.479 e. The van der Waals surface area contributed by atoms with E-state index < -0.39 is 18.5 Å². The van der Waals surface area contributed by atoms with Crippen molar-refractivity contribution in [3.8, 4) is 16.2 Å². The third-order valence-corrected chi connectivity index (χ3v) is 8.38. The Morgan fingerprint density at radius 2 is 1.79 bits per heavy atom. The fourth-order valence-corrected chi connectivity index (χ4v) is 6.06. The number of nitrogens with zero attached hydrogens (tertiary/aromatic N) is 2. The first kappa shape index (κ1) is 30.7. The van der Waals surface area contributed by atoms with Gasteiger partial charge in [0.15, 0.2) is 17.2 Å². The summed E-state index contributed by atoms with van der Waals surface area (Å²) in [5.74, 6) is -2.63. The van der Waals surface area contributed by atoms with Crippen LogP contribution >= 0.6 is 22.9 Å². The zero-order valence-corrected chi connectivity index (χ0v) is 24.4. The third-order valence-electron chi connectivity index (χ3n) is 6.70. The number of piperidine rings is 1. The highest BCUT2D eigenvalue weighted by molar-refractivity contribution is 7.18. The van der Waals surface area contributed by atoms with Crippen LogP contribution in [0.3, 0.4) is 0 Å². The maximum atomic E-state index is 13.2. The van der Waals surface area contributed by atoms with Crippen LogP contribution in [0.4, 0.5) is 21.0 Å². The van der Waals surface area contributed by atoms with Gasteiger partial charge in [0.2, 0.25) is 0 Å². The van der Waals surface area contributed by atoms with Gasteiger partial charge in [-0.15, -0.1) is 11.3 Å². The minimum Gasteiger partial charge on any atom is -0.479 e. The second-order valence-corrected chi connectivity index (χ2v) is 11.0. The van der Waals surface area contributed by atoms with Gasteiger partial charge in [0.1, 0.15) is 5.02 Å². The van der Waals surface area contributed by atoms with E-state index in [-0.39, 0.29) is 33.6 Å². The number of nitrogens with one attached hydrogen (secondary N) is 2. The lowest BCUT2D eigenvalue weighted by atomic mass is 9.96. The number of rotatable bonds is 10. The van der Waals surface area contributed by atoms with Crippen molar-refractivity contribution >= 4 is 58.3 Å². The van der Waals surface area contributed by atoms with Crippen LogP contribution < -0.4 is 20.3 Å². The van der Waals surface area contributed by atoms with Gasteiger partial charge in [0.05, 0.1) is 4.88 Å². The molecule has 11 nitrogen and oxygen atoms in total. The summed E-state index contributed by atoms with van der Waals surface area (Å²) in [6, 6.07) is 15.8. The minimum atomic E-state index is -1.29. The first-order valence-corrected chi connectivity index (χ1v) is 14.5. The van der Waals surface area contributed by atoms with E-state index in [4.69, 9.17) is 21.4 Å². The van der Waals surface area contributed by atoms with E-state index in [1.807, 2.05) is 37.3 Å². The van der Waals surface area contributed by atoms with Crippen LogP contribution in [0.1, 0.15) is 29.4 Å². The molecule has 2 heterocycles. The fourth-order valence-electron chi connectivity index (χ4n) is 4.65. The van der Waals surface area contributed by atoms with E-state index in [0.29, 0.717) is 55.1 Å². The molecular weight excluding hydrogens is 584 g/mol. The minimum absolute atomic E-state index is 0.0125. The van der Waals surface area contributed by atoms with Crippen LogP contribution in [0, 0.1) is 5.92 Å². The Morgan fingerprint density at radius 3 is 2.43 bits per heavy atom. The van der Waals surface area contributed by atoms with Gasteiger partial charge in [-0.1, -0.05) is 41.9 Å². The number of para-hydroxylation sites is 1. The van der Waals surface area contributed by atoms with Crippen LogP contribution in [-0.4, -0.2) is 71.9 Å². The summed E-state index contributed by atoms with van der Waals surface area (Å²) < 4.78 is 5.19. The molecule has 1 aliphatic heterocycles. The number of carbonyl (C=O) groups is 4. The molecule has 42 heavy (non-hydrogen) atoms. The quantitative estimate of drug-likeness (QED) is 0.228. The van der Waals surface area contributed by atoms with E-state index >= 15 is 0 Å². The predicted octanol–water partition coefficient (Wildman–Crippen LogP) is 5.71. The smallest absolute Gasteiger partial charge is 0.349 e. The molecular formula is C29H31ClN4O7S. The molecule has 13 heteroatoms. The van der Waals surface area contributed by atoms with Gasteiger partial charge in [0.25, 0.3) is 0 Å². The van der Waals surface area contributed by atoms with Crippen molar-refractivity contribution in [3.63, 3.8) is 0 Å². The molecule has 0 spiro atoms. The van der Waals surface area contributed by atoms with E-state index in [0.717, 1.165) is 17.0 Å². The number of anilines is 2. The number of aromatic carboxylic acids is 1. The normalized spacial score (nSPS) is 13.3. The van der Waals surface area contributed by atoms with Crippen molar-refractivity contribution in [1.82, 2.24) is 10.2 Å². The summed E-state index contributed by atoms with van der Waals surface area (Å²) in [7, 11) is 0. The second-order valence-electron chi connectivity index (χ2n) is 9.61. The fraction of sp³-hybridized carbons (Fsp3) is 0.310. The van der Waals surface area contributed by atoms with E-state index in [2.05, 4.69) is 10.6 Å². The van der Waals surface area contributed by atoms with Crippen LogP contribution in [0.15, 0.2) is 54.6 Å². The maximum absolute atomic E-state index is 13.2. The number of amides is 4. The zero-order chi connectivity index (χ0) is 30.2. The Kier molecular flexibility index (Phi) is 10.3. The lowest BCUT2D eigenvalue weighted by Gasteiger charge is -2.35. The predicted molar refractivity (Wildman–Crippen MR) is 161 cm³/mol. The van der Waals surface area contributed by atoms with Crippen molar-refractivity contribution in [2.75, 3.05) is 43.0 Å². The number of likely N-dealkylation sites (tertiary alicyclic amines) is 1. The summed E-state index contributed by atoms with van der Waals surface area (Å²) in [5, 5.41) is 24.4. The molecule has 2 aromatic carbocycles. The topological polar surface area (TPSA) is 149 Å². The first-order valence-electron chi connectivity index (χ1n) is 13.3. The summed E-state index contributed by atoms with van der Waals surface area (Å²) in [6.45, 7) is 3.02. The van der Waals surface area contributed by atoms with E-state index in [1.54, 1.807) is 34.1 Å². The summed E-state index contributed by atoms with van der Waals surface area (Å²) in [4.78, 5) is 52.2. The highest BCUT2D eigenvalue weighted by Crippen LogP contribution is 2.46. The lowest BCUT2D eigenvalue weighted by Crippen LogP contribution is -2.46. The van der Waals surface area contributed by atoms with Crippen molar-refractivity contribution in [2.45, 2.75) is 19.8 Å². The van der Waals surface area contributed by atoms with E-state index in [9.17, 15) is 24.3 Å². The van der Waals surface area contributed by atoms with Gasteiger partial charge >= 0.3 is 24.0 Å². The molecule has 0 unspecified atom stereocenters. The van der Waals surface area contributed by atoms with Gasteiger partial charge in [-0.3, -0.25) is 4.90 Å². The van der Waals surface area contributed by atoms with Gasteiger partial charge in [-0.05, 0) is 55.5 Å². The number of benzene rings is 2. The molecule has 222 valence electrons. The number of thiophene rings is 1. The van der Waals surface area contributed by atoms with Gasteiger partial charge in [0, 0.05) is 37.6 Å². The Balaban J connectivity index is 1.51.